The van der Waals surface area contributed by atoms with E-state index in [1.54, 1.807) is 17.6 Å². The van der Waals surface area contributed by atoms with E-state index in [0.717, 1.165) is 5.69 Å². The highest BCUT2D eigenvalue weighted by molar-refractivity contribution is 5.93. The Kier molecular flexibility index (Phi) is 2.87. The monoisotopic (exact) mass is 180 g/mol. The van der Waals surface area contributed by atoms with E-state index >= 15 is 0 Å². The highest BCUT2D eigenvalue weighted by Crippen LogP contribution is 2.11. The van der Waals surface area contributed by atoms with E-state index in [2.05, 4.69) is 0 Å². The second-order valence-electron chi connectivity index (χ2n) is 2.88. The van der Waals surface area contributed by atoms with Crippen LogP contribution in [0.25, 0.3) is 0 Å². The molecule has 4 nitrogen and oxygen atoms in total. The molecule has 2 N–H and O–H groups in total. The predicted molar refractivity (Wildman–Crippen MR) is 50.0 cm³/mol. The van der Waals surface area contributed by atoms with Gasteiger partial charge in [-0.2, -0.15) is 0 Å². The second-order valence-corrected chi connectivity index (χ2v) is 2.88. The SMILES string of the molecule is CN(C)c1ccc(C(=O)NO)cc1. The Bertz CT molecular complexity index is 293. The molecule has 0 fully saturated rings. The van der Waals surface area contributed by atoms with Gasteiger partial charge in [-0.05, 0) is 24.3 Å². The smallest absolute Gasteiger partial charge is 0.274 e. The van der Waals surface area contributed by atoms with E-state index in [1.165, 1.54) is 0 Å². The van der Waals surface area contributed by atoms with Gasteiger partial charge in [0.05, 0.1) is 0 Å². The normalized spacial score (nSPS) is 9.46. The minimum Gasteiger partial charge on any atom is -0.378 e. The van der Waals surface area contributed by atoms with Crippen LogP contribution >= 0.6 is 0 Å². The summed E-state index contributed by atoms with van der Waals surface area (Å²) in [6.45, 7) is 0. The van der Waals surface area contributed by atoms with Gasteiger partial charge in [0.15, 0.2) is 0 Å². The molecule has 0 aliphatic heterocycles. The molecule has 1 rings (SSSR count). The van der Waals surface area contributed by atoms with Crippen molar-refractivity contribution in [2.75, 3.05) is 19.0 Å². The van der Waals surface area contributed by atoms with Crippen LogP contribution in [0.5, 0.6) is 0 Å². The number of carbonyl (C=O) groups is 1. The van der Waals surface area contributed by atoms with Gasteiger partial charge < -0.3 is 4.90 Å². The predicted octanol–water partition coefficient (Wildman–Crippen LogP) is 0.872. The van der Waals surface area contributed by atoms with Crippen molar-refractivity contribution in [2.24, 2.45) is 0 Å². The van der Waals surface area contributed by atoms with Crippen molar-refractivity contribution in [3.8, 4) is 0 Å². The van der Waals surface area contributed by atoms with Gasteiger partial charge in [0.1, 0.15) is 0 Å². The summed E-state index contributed by atoms with van der Waals surface area (Å²) in [7, 11) is 3.84. The topological polar surface area (TPSA) is 52.6 Å². The fourth-order valence-corrected chi connectivity index (χ4v) is 0.975. The molecule has 1 amide bonds. The lowest BCUT2D eigenvalue weighted by Gasteiger charge is -2.11. The average molecular weight is 180 g/mol. The quantitative estimate of drug-likeness (QED) is 0.524. The number of anilines is 1. The molecule has 0 spiro atoms. The summed E-state index contributed by atoms with van der Waals surface area (Å²) in [5.74, 6) is -0.495. The van der Waals surface area contributed by atoms with E-state index in [0.29, 0.717) is 5.56 Å². The summed E-state index contributed by atoms with van der Waals surface area (Å²) in [5, 5.41) is 8.36. The van der Waals surface area contributed by atoms with Gasteiger partial charge >= 0.3 is 0 Å². The molecule has 0 aliphatic carbocycles. The Balaban J connectivity index is 2.87. The number of benzene rings is 1. The maximum Gasteiger partial charge on any atom is 0.274 e. The third-order valence-electron chi connectivity index (χ3n) is 1.75. The van der Waals surface area contributed by atoms with Crippen molar-refractivity contribution >= 4 is 11.6 Å². The molecule has 0 bridgehead atoms. The lowest BCUT2D eigenvalue weighted by atomic mass is 10.2. The number of hydroxylamine groups is 1. The Morgan fingerprint density at radius 3 is 2.23 bits per heavy atom. The van der Waals surface area contributed by atoms with Crippen molar-refractivity contribution in [1.29, 1.82) is 0 Å². The molecule has 1 aromatic carbocycles. The molecule has 70 valence electrons. The van der Waals surface area contributed by atoms with Crippen molar-refractivity contribution in [1.82, 2.24) is 5.48 Å². The van der Waals surface area contributed by atoms with Crippen LogP contribution in [-0.4, -0.2) is 25.2 Å². The minimum atomic E-state index is -0.495. The number of nitrogens with one attached hydrogen (secondary N) is 1. The van der Waals surface area contributed by atoms with Crippen LogP contribution in [0, 0.1) is 0 Å². The van der Waals surface area contributed by atoms with Crippen molar-refractivity contribution in [2.45, 2.75) is 0 Å². The molecule has 0 aliphatic rings. The van der Waals surface area contributed by atoms with Crippen LogP contribution in [0.15, 0.2) is 24.3 Å². The minimum absolute atomic E-state index is 0.438. The number of amides is 1. The number of rotatable bonds is 2. The molecule has 0 unspecified atom stereocenters. The molecule has 0 saturated heterocycles. The molecule has 13 heavy (non-hydrogen) atoms. The van der Waals surface area contributed by atoms with Crippen molar-refractivity contribution in [3.63, 3.8) is 0 Å². The van der Waals surface area contributed by atoms with E-state index in [4.69, 9.17) is 5.21 Å². The summed E-state index contributed by atoms with van der Waals surface area (Å²) < 4.78 is 0. The van der Waals surface area contributed by atoms with Crippen LogP contribution in [0.1, 0.15) is 10.4 Å². The Morgan fingerprint density at radius 1 is 1.31 bits per heavy atom. The summed E-state index contributed by atoms with van der Waals surface area (Å²) in [5.41, 5.74) is 3.02. The van der Waals surface area contributed by atoms with Crippen LogP contribution in [0.3, 0.4) is 0 Å². The molecular weight excluding hydrogens is 168 g/mol. The van der Waals surface area contributed by atoms with Gasteiger partial charge in [-0.3, -0.25) is 10.0 Å². The van der Waals surface area contributed by atoms with Crippen LogP contribution < -0.4 is 10.4 Å². The van der Waals surface area contributed by atoms with Gasteiger partial charge in [-0.1, -0.05) is 0 Å². The zero-order valence-electron chi connectivity index (χ0n) is 7.61. The molecule has 4 heteroatoms. The third-order valence-corrected chi connectivity index (χ3v) is 1.75. The van der Waals surface area contributed by atoms with Crippen LogP contribution in [-0.2, 0) is 0 Å². The first-order chi connectivity index (χ1) is 6.15. The van der Waals surface area contributed by atoms with Gasteiger partial charge in [-0.25, -0.2) is 5.48 Å². The third kappa shape index (κ3) is 2.19. The molecule has 0 radical (unpaired) electrons. The van der Waals surface area contributed by atoms with Gasteiger partial charge in [0, 0.05) is 25.3 Å². The lowest BCUT2D eigenvalue weighted by molar-refractivity contribution is 0.0706. The molecule has 0 heterocycles. The summed E-state index contributed by atoms with van der Waals surface area (Å²) in [4.78, 5) is 12.9. The summed E-state index contributed by atoms with van der Waals surface area (Å²) in [6, 6.07) is 6.93. The highest BCUT2D eigenvalue weighted by atomic mass is 16.5. The van der Waals surface area contributed by atoms with Crippen molar-refractivity contribution in [3.05, 3.63) is 29.8 Å². The second kappa shape index (κ2) is 3.91. The molecule has 1 aromatic rings. The highest BCUT2D eigenvalue weighted by Gasteiger charge is 2.03. The molecule has 0 saturated carbocycles. The zero-order chi connectivity index (χ0) is 9.84. The standard InChI is InChI=1S/C9H12N2O2/c1-11(2)8-5-3-7(4-6-8)9(12)10-13/h3-6,13H,1-2H3,(H,10,12). The molecule has 0 aromatic heterocycles. The number of nitrogens with zero attached hydrogens (tertiary/aromatic N) is 1. The van der Waals surface area contributed by atoms with Crippen molar-refractivity contribution < 1.29 is 10.0 Å². The Hall–Kier alpha value is -1.55. The largest absolute Gasteiger partial charge is 0.378 e. The zero-order valence-corrected chi connectivity index (χ0v) is 7.61. The van der Waals surface area contributed by atoms with E-state index in [9.17, 15) is 4.79 Å². The first-order valence-electron chi connectivity index (χ1n) is 3.87. The van der Waals surface area contributed by atoms with Crippen LogP contribution in [0.4, 0.5) is 5.69 Å². The average Bonchev–Trinajstić information content (AvgIpc) is 2.17. The number of hydrogen-bond donors (Lipinski definition) is 2. The fourth-order valence-electron chi connectivity index (χ4n) is 0.975. The van der Waals surface area contributed by atoms with Crippen LogP contribution in [0.2, 0.25) is 0 Å². The Labute approximate surface area is 76.7 Å². The van der Waals surface area contributed by atoms with Gasteiger partial charge in [0.25, 0.3) is 5.91 Å². The summed E-state index contributed by atoms with van der Waals surface area (Å²) in [6.07, 6.45) is 0. The number of carbonyl (C=O) groups excluding carboxylic acids is 1. The lowest BCUT2D eigenvalue weighted by Crippen LogP contribution is -2.18. The first kappa shape index (κ1) is 9.54. The Morgan fingerprint density at radius 2 is 1.85 bits per heavy atom. The summed E-state index contributed by atoms with van der Waals surface area (Å²) >= 11 is 0. The van der Waals surface area contributed by atoms with E-state index < -0.39 is 5.91 Å². The first-order valence-corrected chi connectivity index (χ1v) is 3.87. The fraction of sp³-hybridized carbons (Fsp3) is 0.222. The molecule has 0 atom stereocenters. The molecular formula is C9H12N2O2. The maximum atomic E-state index is 10.9. The maximum absolute atomic E-state index is 10.9. The van der Waals surface area contributed by atoms with E-state index in [1.807, 2.05) is 31.1 Å². The van der Waals surface area contributed by atoms with Gasteiger partial charge in [0.2, 0.25) is 0 Å². The van der Waals surface area contributed by atoms with E-state index in [-0.39, 0.29) is 0 Å². The van der Waals surface area contributed by atoms with Gasteiger partial charge in [-0.15, -0.1) is 0 Å². The number of hydrogen-bond acceptors (Lipinski definition) is 3.